The molecule has 12 heteroatoms. The first kappa shape index (κ1) is 48.3. The lowest BCUT2D eigenvalue weighted by atomic mass is 9.96. The highest BCUT2D eigenvalue weighted by atomic mass is 31.0. The number of hydrogen-bond donors (Lipinski definition) is 3. The monoisotopic (exact) mass is 768 g/mol. The number of halogens is 1. The number of primary amides is 1. The summed E-state index contributed by atoms with van der Waals surface area (Å²) in [4.78, 5) is 46.1. The van der Waals surface area contributed by atoms with E-state index in [1.54, 1.807) is 34.1 Å². The molecule has 0 saturated carbocycles. The number of likely N-dealkylation sites (N-methyl/N-ethyl adjacent to an activating group) is 2. The molecule has 4 N–H and O–H groups in total. The number of carbonyl (C=O) groups excluding carboxylic acids is 3. The molecule has 0 bridgehead atoms. The molecule has 300 valence electrons. The van der Waals surface area contributed by atoms with Crippen molar-refractivity contribution in [3.63, 3.8) is 0 Å². The molecule has 0 radical (unpaired) electrons. The highest BCUT2D eigenvalue weighted by Crippen LogP contribution is 2.18. The number of amides is 3. The molecule has 1 atom stereocenters. The van der Waals surface area contributed by atoms with Gasteiger partial charge in [0.05, 0.1) is 12.1 Å². The van der Waals surface area contributed by atoms with Gasteiger partial charge in [0.25, 0.3) is 5.91 Å². The molecule has 0 aliphatic carbocycles. The van der Waals surface area contributed by atoms with Crippen molar-refractivity contribution in [2.45, 2.75) is 60.8 Å². The SMILES string of the molecule is C/C=C\C=C(C)C.CC.CCN(CCN(C)CC1CCNCC1)CC(=O)N1CCN(C(=O)c2cc(CC(=N)c3ccccc3C(N)=O)ccc2F)CC1.P. The minimum atomic E-state index is -0.634. The van der Waals surface area contributed by atoms with Crippen LogP contribution >= 0.6 is 9.90 Å². The summed E-state index contributed by atoms with van der Waals surface area (Å²) in [5, 5.41) is 11.9. The van der Waals surface area contributed by atoms with Gasteiger partial charge >= 0.3 is 0 Å². The third-order valence-corrected chi connectivity index (χ3v) is 9.33. The van der Waals surface area contributed by atoms with Crippen molar-refractivity contribution in [2.24, 2.45) is 11.7 Å². The number of benzene rings is 2. The number of rotatable bonds is 14. The zero-order valence-corrected chi connectivity index (χ0v) is 35.3. The number of nitrogens with one attached hydrogen (secondary N) is 2. The van der Waals surface area contributed by atoms with Crippen molar-refractivity contribution in [2.75, 3.05) is 79.0 Å². The Bertz CT molecular complexity index is 1530. The molecular weight excluding hydrogens is 700 g/mol. The van der Waals surface area contributed by atoms with Gasteiger partial charge in [-0.1, -0.05) is 68.8 Å². The first-order valence-corrected chi connectivity index (χ1v) is 19.1. The van der Waals surface area contributed by atoms with Crippen LogP contribution in [0.4, 0.5) is 4.39 Å². The smallest absolute Gasteiger partial charge is 0.256 e. The summed E-state index contributed by atoms with van der Waals surface area (Å²) < 4.78 is 14.8. The van der Waals surface area contributed by atoms with Crippen LogP contribution in [0, 0.1) is 17.1 Å². The molecule has 0 spiro atoms. The van der Waals surface area contributed by atoms with Gasteiger partial charge in [-0.25, -0.2) is 4.39 Å². The fraction of sp³-hybridized carbons (Fsp3) is 0.524. The summed E-state index contributed by atoms with van der Waals surface area (Å²) in [5.41, 5.74) is 8.11. The fourth-order valence-corrected chi connectivity index (χ4v) is 6.27. The largest absolute Gasteiger partial charge is 0.366 e. The van der Waals surface area contributed by atoms with Gasteiger partial charge in [0.1, 0.15) is 5.82 Å². The third-order valence-electron chi connectivity index (χ3n) is 9.33. The maximum absolute atomic E-state index is 14.8. The molecular formula is C42H67FN7O3P. The molecule has 2 aromatic carbocycles. The number of piperazine rings is 1. The molecule has 2 heterocycles. The predicted octanol–water partition coefficient (Wildman–Crippen LogP) is 5.69. The molecule has 10 nitrogen and oxygen atoms in total. The van der Waals surface area contributed by atoms with Gasteiger partial charge in [-0.2, -0.15) is 9.90 Å². The molecule has 3 amide bonds. The Hall–Kier alpha value is -3.76. The lowest BCUT2D eigenvalue weighted by Crippen LogP contribution is -2.53. The van der Waals surface area contributed by atoms with Crippen molar-refractivity contribution in [1.82, 2.24) is 24.9 Å². The Kier molecular flexibility index (Phi) is 23.3. The van der Waals surface area contributed by atoms with E-state index >= 15 is 0 Å². The van der Waals surface area contributed by atoms with Gasteiger partial charge in [0.2, 0.25) is 11.8 Å². The number of piperidine rings is 1. The van der Waals surface area contributed by atoms with Crippen molar-refractivity contribution in [3.05, 3.63) is 94.3 Å². The Balaban J connectivity index is 0.00000131. The molecule has 2 aliphatic heterocycles. The Morgan fingerprint density at radius 1 is 0.963 bits per heavy atom. The molecule has 2 fully saturated rings. The van der Waals surface area contributed by atoms with Gasteiger partial charge in [-0.15, -0.1) is 0 Å². The van der Waals surface area contributed by atoms with E-state index in [9.17, 15) is 18.8 Å². The van der Waals surface area contributed by atoms with E-state index in [0.29, 0.717) is 43.9 Å². The highest BCUT2D eigenvalue weighted by molar-refractivity contribution is 6.92. The van der Waals surface area contributed by atoms with E-state index in [0.717, 1.165) is 45.2 Å². The second-order valence-corrected chi connectivity index (χ2v) is 13.6. The Morgan fingerprint density at radius 2 is 1.57 bits per heavy atom. The van der Waals surface area contributed by atoms with Crippen LogP contribution in [0.1, 0.15) is 86.2 Å². The van der Waals surface area contributed by atoms with Gasteiger partial charge < -0.3 is 31.2 Å². The van der Waals surface area contributed by atoms with Crippen LogP contribution in [0.2, 0.25) is 0 Å². The maximum Gasteiger partial charge on any atom is 0.256 e. The number of nitrogens with zero attached hydrogens (tertiary/aromatic N) is 4. The Morgan fingerprint density at radius 3 is 2.13 bits per heavy atom. The number of hydrogen-bond acceptors (Lipinski definition) is 7. The summed E-state index contributed by atoms with van der Waals surface area (Å²) in [6.45, 7) is 19.8. The second-order valence-electron chi connectivity index (χ2n) is 13.6. The van der Waals surface area contributed by atoms with Crippen LogP contribution in [0.25, 0.3) is 0 Å². The highest BCUT2D eigenvalue weighted by Gasteiger charge is 2.27. The summed E-state index contributed by atoms with van der Waals surface area (Å²) in [6, 6.07) is 10.8. The quantitative estimate of drug-likeness (QED) is 0.129. The van der Waals surface area contributed by atoms with Crippen LogP contribution in [0.3, 0.4) is 0 Å². The van der Waals surface area contributed by atoms with E-state index in [1.807, 2.05) is 32.9 Å². The Labute approximate surface area is 327 Å². The van der Waals surface area contributed by atoms with E-state index in [-0.39, 0.29) is 39.1 Å². The first-order valence-electron chi connectivity index (χ1n) is 19.1. The van der Waals surface area contributed by atoms with Crippen LogP contribution < -0.4 is 11.1 Å². The molecule has 2 aromatic rings. The molecule has 2 saturated heterocycles. The van der Waals surface area contributed by atoms with Crippen LogP contribution in [0.15, 0.2) is 66.3 Å². The lowest BCUT2D eigenvalue weighted by molar-refractivity contribution is -0.133. The number of carbonyl (C=O) groups is 3. The van der Waals surface area contributed by atoms with Crippen molar-refractivity contribution in [3.8, 4) is 0 Å². The second kappa shape index (κ2) is 26.1. The van der Waals surface area contributed by atoms with Crippen LogP contribution in [-0.2, 0) is 11.2 Å². The average molecular weight is 768 g/mol. The average Bonchev–Trinajstić information content (AvgIpc) is 3.17. The van der Waals surface area contributed by atoms with Gasteiger partial charge in [-0.3, -0.25) is 19.3 Å². The van der Waals surface area contributed by atoms with E-state index < -0.39 is 17.6 Å². The maximum atomic E-state index is 14.8. The van der Waals surface area contributed by atoms with Gasteiger partial charge in [0, 0.05) is 69.1 Å². The van der Waals surface area contributed by atoms with E-state index in [1.165, 1.54) is 36.6 Å². The molecule has 2 aliphatic rings. The fourth-order valence-electron chi connectivity index (χ4n) is 6.27. The van der Waals surface area contributed by atoms with Crippen molar-refractivity contribution >= 4 is 33.3 Å². The summed E-state index contributed by atoms with van der Waals surface area (Å²) in [5.74, 6) is -0.927. The molecule has 0 aromatic heterocycles. The zero-order valence-electron chi connectivity index (χ0n) is 33.9. The number of allylic oxidation sites excluding steroid dienone is 4. The predicted molar refractivity (Wildman–Crippen MR) is 226 cm³/mol. The van der Waals surface area contributed by atoms with E-state index in [4.69, 9.17) is 11.1 Å². The van der Waals surface area contributed by atoms with Crippen molar-refractivity contribution < 1.29 is 18.8 Å². The first-order chi connectivity index (χ1) is 25.4. The number of nitrogens with two attached hydrogens (primary N) is 1. The summed E-state index contributed by atoms with van der Waals surface area (Å²) in [6.07, 6.45) is 8.67. The topological polar surface area (TPSA) is 126 Å². The third kappa shape index (κ3) is 16.3. The van der Waals surface area contributed by atoms with Crippen LogP contribution in [0.5, 0.6) is 0 Å². The lowest BCUT2D eigenvalue weighted by Gasteiger charge is -2.36. The molecule has 54 heavy (non-hydrogen) atoms. The van der Waals surface area contributed by atoms with Crippen LogP contribution in [-0.4, -0.2) is 122 Å². The van der Waals surface area contributed by atoms with E-state index in [2.05, 4.69) is 49.0 Å². The zero-order chi connectivity index (χ0) is 39.3. The molecule has 1 unspecified atom stereocenters. The minimum Gasteiger partial charge on any atom is -0.366 e. The normalized spacial score (nSPS) is 14.4. The van der Waals surface area contributed by atoms with Crippen molar-refractivity contribution in [1.29, 1.82) is 5.41 Å². The summed E-state index contributed by atoms with van der Waals surface area (Å²) in [7, 11) is 2.15. The minimum absolute atomic E-state index is 0. The van der Waals surface area contributed by atoms with Gasteiger partial charge in [-0.05, 0) is 90.0 Å². The molecule has 4 rings (SSSR count). The van der Waals surface area contributed by atoms with Gasteiger partial charge in [0.15, 0.2) is 0 Å². The summed E-state index contributed by atoms with van der Waals surface area (Å²) >= 11 is 0. The standard InChI is InChI=1S/C33H46FN7O3.C7H12.C2H6.H3P/c1-3-39(15-14-38(2)22-24-10-12-37-13-11-24)23-31(42)40-16-18-41(19-17-40)33(44)28-20-25(8-9-29(28)34)21-30(35)26-6-4-5-7-27(26)32(36)43;1-4-5-6-7(2)3;1-2;/h4-9,20,24,35,37H,3,10-19,21-23H2,1-2H3,(H2,36,43);4-6H,1-3H3;1-2H3;1H3/b;5-4-;;.